The van der Waals surface area contributed by atoms with Gasteiger partial charge in [0.05, 0.1) is 5.56 Å². The van der Waals surface area contributed by atoms with Gasteiger partial charge in [0.15, 0.2) is 11.6 Å². The standard InChI is InChI=1S/C31H18F4O5S/c32-25-27(34)30(41(37,38)39)28(35)26(33)29(25)40-31(36)24-22(19-12-6-2-7-13-19)16-21(18-10-4-1-5-11-18)17-23(24)20-14-8-3-9-15-20/h1-17H,(H,37,38,39)/p-1. The minimum atomic E-state index is -5.94. The number of ether oxygens (including phenoxy) is 1. The van der Waals surface area contributed by atoms with Gasteiger partial charge >= 0.3 is 5.97 Å². The van der Waals surface area contributed by atoms with Crippen molar-refractivity contribution in [1.82, 2.24) is 0 Å². The van der Waals surface area contributed by atoms with Crippen molar-refractivity contribution in [2.75, 3.05) is 0 Å². The van der Waals surface area contributed by atoms with E-state index in [1.807, 2.05) is 30.3 Å². The fraction of sp³-hybridized carbons (Fsp3) is 0. The van der Waals surface area contributed by atoms with Crippen molar-refractivity contribution in [3.05, 3.63) is 132 Å². The van der Waals surface area contributed by atoms with Crippen LogP contribution in [0.5, 0.6) is 5.75 Å². The summed E-state index contributed by atoms with van der Waals surface area (Å²) in [7, 11) is -5.94. The highest BCUT2D eigenvalue weighted by Gasteiger charge is 2.32. The third-order valence-electron chi connectivity index (χ3n) is 6.25. The van der Waals surface area contributed by atoms with Crippen molar-refractivity contribution < 1.29 is 40.1 Å². The molecule has 0 N–H and O–H groups in total. The van der Waals surface area contributed by atoms with Crippen LogP contribution in [0, 0.1) is 23.3 Å². The molecule has 0 amide bonds. The molecule has 0 aliphatic rings. The average molecular weight is 578 g/mol. The van der Waals surface area contributed by atoms with Crippen LogP contribution in [0.25, 0.3) is 33.4 Å². The maximum Gasteiger partial charge on any atom is 0.345 e. The zero-order chi connectivity index (χ0) is 29.3. The van der Waals surface area contributed by atoms with Gasteiger partial charge < -0.3 is 9.29 Å². The lowest BCUT2D eigenvalue weighted by molar-refractivity contribution is 0.0718. The molecule has 0 radical (unpaired) electrons. The van der Waals surface area contributed by atoms with Gasteiger partial charge in [0.25, 0.3) is 0 Å². The SMILES string of the molecule is O=C(Oc1c(F)c(F)c(S(=O)(=O)[O-])c(F)c1F)c1c(-c2ccccc2)cc(-c2ccccc2)cc1-c1ccccc1. The Hall–Kier alpha value is -4.80. The zero-order valence-corrected chi connectivity index (χ0v) is 21.6. The molecular weight excluding hydrogens is 560 g/mol. The van der Waals surface area contributed by atoms with Gasteiger partial charge in [-0.2, -0.15) is 8.78 Å². The molecule has 5 aromatic rings. The number of rotatable bonds is 6. The molecule has 0 aromatic heterocycles. The van der Waals surface area contributed by atoms with Gasteiger partial charge in [-0.15, -0.1) is 0 Å². The Morgan fingerprint density at radius 2 is 0.976 bits per heavy atom. The summed E-state index contributed by atoms with van der Waals surface area (Å²) in [6.07, 6.45) is 0. The molecule has 5 aromatic carbocycles. The molecule has 10 heteroatoms. The molecular formula is C31H17F4O5S-. The lowest BCUT2D eigenvalue weighted by Crippen LogP contribution is -2.17. The normalized spacial score (nSPS) is 11.3. The first-order valence-corrected chi connectivity index (χ1v) is 13.4. The minimum Gasteiger partial charge on any atom is -0.744 e. The molecule has 0 heterocycles. The van der Waals surface area contributed by atoms with Gasteiger partial charge in [0.1, 0.15) is 15.0 Å². The van der Waals surface area contributed by atoms with Gasteiger partial charge in [0, 0.05) is 0 Å². The molecule has 5 nitrogen and oxygen atoms in total. The number of hydrogen-bond donors (Lipinski definition) is 0. The van der Waals surface area contributed by atoms with Crippen LogP contribution in [0.15, 0.2) is 108 Å². The number of carbonyl (C=O) groups is 1. The topological polar surface area (TPSA) is 83.5 Å². The highest BCUT2D eigenvalue weighted by atomic mass is 32.2. The second kappa shape index (κ2) is 11.0. The first-order chi connectivity index (χ1) is 19.6. The lowest BCUT2D eigenvalue weighted by Gasteiger charge is -2.19. The summed E-state index contributed by atoms with van der Waals surface area (Å²) in [4.78, 5) is 11.3. The summed E-state index contributed by atoms with van der Waals surface area (Å²) in [5.74, 6) is -12.9. The van der Waals surface area contributed by atoms with Crippen molar-refractivity contribution in [1.29, 1.82) is 0 Å². The van der Waals surface area contributed by atoms with Crippen molar-refractivity contribution in [3.63, 3.8) is 0 Å². The van der Waals surface area contributed by atoms with E-state index in [1.165, 1.54) is 0 Å². The van der Waals surface area contributed by atoms with Crippen LogP contribution in [-0.4, -0.2) is 18.9 Å². The van der Waals surface area contributed by atoms with Crippen LogP contribution in [0.4, 0.5) is 17.6 Å². The molecule has 5 rings (SSSR count). The number of halogens is 4. The van der Waals surface area contributed by atoms with Gasteiger partial charge in [-0.05, 0) is 45.5 Å². The van der Waals surface area contributed by atoms with Crippen molar-refractivity contribution in [3.8, 4) is 39.1 Å². The van der Waals surface area contributed by atoms with Crippen LogP contribution < -0.4 is 4.74 Å². The molecule has 0 fully saturated rings. The summed E-state index contributed by atoms with van der Waals surface area (Å²) in [6, 6.07) is 29.5. The van der Waals surface area contributed by atoms with Crippen LogP contribution in [0.2, 0.25) is 0 Å². The van der Waals surface area contributed by atoms with E-state index in [4.69, 9.17) is 4.74 Å². The maximum atomic E-state index is 14.8. The number of esters is 1. The van der Waals surface area contributed by atoms with E-state index in [0.29, 0.717) is 16.7 Å². The summed E-state index contributed by atoms with van der Waals surface area (Å²) in [6.45, 7) is 0. The first-order valence-electron chi connectivity index (χ1n) is 12.0. The Balaban J connectivity index is 1.77. The van der Waals surface area contributed by atoms with E-state index in [0.717, 1.165) is 5.56 Å². The van der Waals surface area contributed by atoms with Crippen molar-refractivity contribution >= 4 is 16.1 Å². The van der Waals surface area contributed by atoms with E-state index in [9.17, 15) is 35.3 Å². The predicted octanol–water partition coefficient (Wildman–Crippen LogP) is 7.37. The maximum absolute atomic E-state index is 14.8. The van der Waals surface area contributed by atoms with Gasteiger partial charge in [-0.1, -0.05) is 91.0 Å². The summed E-state index contributed by atoms with van der Waals surface area (Å²) < 4.78 is 96.9. The molecule has 206 valence electrons. The fourth-order valence-corrected chi connectivity index (χ4v) is 5.01. The quantitative estimate of drug-likeness (QED) is 0.0692. The second-order valence-corrected chi connectivity index (χ2v) is 10.1. The Labute approximate surface area is 232 Å². The third kappa shape index (κ3) is 5.34. The Kier molecular flexibility index (Phi) is 7.44. The summed E-state index contributed by atoms with van der Waals surface area (Å²) in [5, 5.41) is 0. The smallest absolute Gasteiger partial charge is 0.345 e. The Morgan fingerprint density at radius 1 is 0.585 bits per heavy atom. The van der Waals surface area contributed by atoms with E-state index in [2.05, 4.69) is 0 Å². The second-order valence-electron chi connectivity index (χ2n) is 8.80. The molecule has 0 saturated heterocycles. The monoisotopic (exact) mass is 577 g/mol. The van der Waals surface area contributed by atoms with E-state index in [1.54, 1.807) is 72.8 Å². The summed E-state index contributed by atoms with van der Waals surface area (Å²) >= 11 is 0. The van der Waals surface area contributed by atoms with E-state index >= 15 is 0 Å². The zero-order valence-electron chi connectivity index (χ0n) is 20.8. The molecule has 0 saturated carbocycles. The van der Waals surface area contributed by atoms with Crippen molar-refractivity contribution in [2.45, 2.75) is 4.90 Å². The minimum absolute atomic E-state index is 0.192. The van der Waals surface area contributed by atoms with Crippen LogP contribution in [-0.2, 0) is 10.1 Å². The van der Waals surface area contributed by atoms with Gasteiger partial charge in [-0.25, -0.2) is 22.0 Å². The van der Waals surface area contributed by atoms with Crippen LogP contribution >= 0.6 is 0 Å². The number of carbonyl (C=O) groups excluding carboxylic acids is 1. The molecule has 41 heavy (non-hydrogen) atoms. The van der Waals surface area contributed by atoms with Gasteiger partial charge in [0.2, 0.25) is 17.4 Å². The van der Waals surface area contributed by atoms with Crippen LogP contribution in [0.1, 0.15) is 10.4 Å². The lowest BCUT2D eigenvalue weighted by atomic mass is 9.88. The summed E-state index contributed by atoms with van der Waals surface area (Å²) in [5.41, 5.74) is 2.85. The first kappa shape index (κ1) is 27.8. The van der Waals surface area contributed by atoms with E-state index in [-0.39, 0.29) is 16.7 Å². The molecule has 0 spiro atoms. The third-order valence-corrected chi connectivity index (χ3v) is 7.11. The predicted molar refractivity (Wildman–Crippen MR) is 142 cm³/mol. The molecule has 0 bridgehead atoms. The fourth-order valence-electron chi connectivity index (χ4n) is 4.39. The van der Waals surface area contributed by atoms with Gasteiger partial charge in [-0.3, -0.25) is 0 Å². The molecule has 0 aliphatic carbocycles. The molecule has 0 atom stereocenters. The Bertz CT molecular complexity index is 1790. The van der Waals surface area contributed by atoms with E-state index < -0.39 is 50.0 Å². The van der Waals surface area contributed by atoms with Crippen molar-refractivity contribution in [2.24, 2.45) is 0 Å². The number of hydrogen-bond acceptors (Lipinski definition) is 5. The average Bonchev–Trinajstić information content (AvgIpc) is 2.98. The molecule has 0 aliphatic heterocycles. The largest absolute Gasteiger partial charge is 0.744 e. The van der Waals surface area contributed by atoms with Crippen LogP contribution in [0.3, 0.4) is 0 Å². The molecule has 0 unspecified atom stereocenters. The number of benzene rings is 5. The highest BCUT2D eigenvalue weighted by molar-refractivity contribution is 7.85. The highest BCUT2D eigenvalue weighted by Crippen LogP contribution is 2.39. The Morgan fingerprint density at radius 3 is 1.37 bits per heavy atom.